The van der Waals surface area contributed by atoms with Crippen LogP contribution in [0.5, 0.6) is 0 Å². The van der Waals surface area contributed by atoms with Crippen molar-refractivity contribution in [2.75, 3.05) is 11.9 Å². The molecule has 2 aromatic heterocycles. The monoisotopic (exact) mass is 555 g/mol. The highest BCUT2D eigenvalue weighted by molar-refractivity contribution is 7.46. The van der Waals surface area contributed by atoms with Crippen LogP contribution in [0.2, 0.25) is 0 Å². The second-order valence-electron chi connectivity index (χ2n) is 8.52. The van der Waals surface area contributed by atoms with Gasteiger partial charge >= 0.3 is 13.8 Å². The van der Waals surface area contributed by atoms with Crippen molar-refractivity contribution in [2.24, 2.45) is 0 Å². The van der Waals surface area contributed by atoms with Crippen LogP contribution in [0.4, 0.5) is 5.95 Å². The van der Waals surface area contributed by atoms with Gasteiger partial charge in [-0.05, 0) is 24.3 Å². The molecular formula is C24H22N5O9P. The van der Waals surface area contributed by atoms with Gasteiger partial charge in [-0.15, -0.1) is 0 Å². The number of nitrogens with zero attached hydrogens (tertiary/aromatic N) is 3. The summed E-state index contributed by atoms with van der Waals surface area (Å²) in [6.07, 6.45) is -1.61. The second kappa shape index (κ2) is 10.9. The van der Waals surface area contributed by atoms with Gasteiger partial charge in [-0.2, -0.15) is 4.98 Å². The Morgan fingerprint density at radius 1 is 1.10 bits per heavy atom. The molecule has 15 heteroatoms. The van der Waals surface area contributed by atoms with Crippen molar-refractivity contribution in [3.63, 3.8) is 0 Å². The van der Waals surface area contributed by atoms with E-state index in [4.69, 9.17) is 19.3 Å². The first kappa shape index (κ1) is 26.4. The lowest BCUT2D eigenvalue weighted by atomic mass is 10.1. The van der Waals surface area contributed by atoms with Gasteiger partial charge in [0.1, 0.15) is 18.4 Å². The maximum atomic E-state index is 12.7. The van der Waals surface area contributed by atoms with Crippen LogP contribution >= 0.6 is 7.82 Å². The minimum Gasteiger partial charge on any atom is -0.456 e. The number of aromatic amines is 1. The molecule has 3 heterocycles. The molecule has 0 bridgehead atoms. The predicted octanol–water partition coefficient (Wildman–Crippen LogP) is 1.99. The number of amides is 1. The van der Waals surface area contributed by atoms with Crippen LogP contribution in [0.3, 0.4) is 0 Å². The van der Waals surface area contributed by atoms with Crippen molar-refractivity contribution >= 4 is 36.8 Å². The molecule has 202 valence electrons. The van der Waals surface area contributed by atoms with E-state index in [9.17, 15) is 18.9 Å². The zero-order valence-electron chi connectivity index (χ0n) is 20.0. The van der Waals surface area contributed by atoms with Crippen LogP contribution < -0.4 is 10.9 Å². The minimum atomic E-state index is -4.85. The van der Waals surface area contributed by atoms with Gasteiger partial charge in [-0.25, -0.2) is 14.3 Å². The maximum Gasteiger partial charge on any atom is 0.469 e. The molecule has 3 atom stereocenters. The molecule has 1 aliphatic heterocycles. The van der Waals surface area contributed by atoms with E-state index in [0.717, 1.165) is 0 Å². The number of anilines is 1. The molecule has 1 aliphatic rings. The molecule has 2 aromatic carbocycles. The molecule has 1 fully saturated rings. The van der Waals surface area contributed by atoms with Crippen LogP contribution in [0, 0.1) is 0 Å². The summed E-state index contributed by atoms with van der Waals surface area (Å²) >= 11 is 0. The van der Waals surface area contributed by atoms with E-state index >= 15 is 0 Å². The molecule has 4 aromatic rings. The quantitative estimate of drug-likeness (QED) is 0.183. The largest absolute Gasteiger partial charge is 0.469 e. The number of H-pyrrole nitrogens is 1. The fourth-order valence-corrected chi connectivity index (χ4v) is 4.40. The van der Waals surface area contributed by atoms with Crippen LogP contribution in [0.15, 0.2) is 71.8 Å². The number of esters is 1. The Morgan fingerprint density at radius 3 is 2.44 bits per heavy atom. The molecule has 39 heavy (non-hydrogen) atoms. The highest BCUT2D eigenvalue weighted by Gasteiger charge is 2.41. The van der Waals surface area contributed by atoms with Crippen molar-refractivity contribution in [1.82, 2.24) is 19.5 Å². The van der Waals surface area contributed by atoms with Crippen molar-refractivity contribution in [3.05, 3.63) is 88.5 Å². The fourth-order valence-electron chi connectivity index (χ4n) is 4.06. The van der Waals surface area contributed by atoms with E-state index in [1.54, 1.807) is 60.7 Å². The first-order chi connectivity index (χ1) is 18.7. The molecule has 1 saturated heterocycles. The summed E-state index contributed by atoms with van der Waals surface area (Å²) in [6, 6.07) is 16.5. The van der Waals surface area contributed by atoms with E-state index in [0.29, 0.717) is 5.56 Å². The first-order valence-electron chi connectivity index (χ1n) is 11.6. The van der Waals surface area contributed by atoms with Gasteiger partial charge < -0.3 is 19.3 Å². The molecule has 0 radical (unpaired) electrons. The van der Waals surface area contributed by atoms with E-state index in [-0.39, 0.29) is 29.1 Å². The number of carbonyl (C=O) groups is 2. The third-order valence-corrected chi connectivity index (χ3v) is 6.35. The number of hydrogen-bond acceptors (Lipinski definition) is 9. The summed E-state index contributed by atoms with van der Waals surface area (Å²) in [7, 11) is -4.85. The van der Waals surface area contributed by atoms with Gasteiger partial charge in [0.05, 0.1) is 18.5 Å². The first-order valence-corrected chi connectivity index (χ1v) is 13.2. The van der Waals surface area contributed by atoms with Crippen molar-refractivity contribution in [3.8, 4) is 0 Å². The van der Waals surface area contributed by atoms with E-state index < -0.39 is 50.3 Å². The maximum absolute atomic E-state index is 12.7. The Kier molecular flexibility index (Phi) is 7.37. The Morgan fingerprint density at radius 2 is 1.77 bits per heavy atom. The number of rotatable bonds is 8. The lowest BCUT2D eigenvalue weighted by Crippen LogP contribution is -2.31. The van der Waals surface area contributed by atoms with Gasteiger partial charge in [-0.3, -0.25) is 29.0 Å². The van der Waals surface area contributed by atoms with Crippen LogP contribution in [-0.2, 0) is 18.6 Å². The number of carbonyl (C=O) groups excluding carboxylic acids is 2. The standard InChI is InChI=1S/C24H22N5O9P/c30-21(14-7-3-1-4-8-14)27-24-26-20-19(22(31)28-24)25-13-29(20)18-11-16(17(37-18)12-36-39(33,34)35)38-23(32)15-9-5-2-6-10-15/h1-10,13,16-18H,11-12H2,(H2,33,34,35)(H2,26,27,28,30,31)/t16-,17+,18+/m0/s1. The summed E-state index contributed by atoms with van der Waals surface area (Å²) in [5.74, 6) is -1.29. The zero-order valence-corrected chi connectivity index (χ0v) is 20.9. The molecule has 0 spiro atoms. The van der Waals surface area contributed by atoms with E-state index in [1.807, 2.05) is 0 Å². The molecular weight excluding hydrogens is 533 g/mol. The fraction of sp³-hybridized carbons (Fsp3) is 0.208. The summed E-state index contributed by atoms with van der Waals surface area (Å²) < 4.78 is 28.8. The summed E-state index contributed by atoms with van der Waals surface area (Å²) in [4.78, 5) is 67.1. The third kappa shape index (κ3) is 6.11. The van der Waals surface area contributed by atoms with Crippen molar-refractivity contribution < 1.29 is 37.9 Å². The number of hydrogen-bond donors (Lipinski definition) is 4. The Balaban J connectivity index is 1.41. The predicted molar refractivity (Wildman–Crippen MR) is 135 cm³/mol. The molecule has 0 unspecified atom stereocenters. The normalized spacial score (nSPS) is 19.2. The van der Waals surface area contributed by atoms with Gasteiger partial charge in [0, 0.05) is 12.0 Å². The van der Waals surface area contributed by atoms with Crippen molar-refractivity contribution in [1.29, 1.82) is 0 Å². The Hall–Kier alpha value is -4.20. The van der Waals surface area contributed by atoms with Gasteiger partial charge in [0.15, 0.2) is 11.2 Å². The summed E-state index contributed by atoms with van der Waals surface area (Å²) in [5.41, 5.74) is 0.0361. The van der Waals surface area contributed by atoms with E-state index in [2.05, 4.69) is 24.8 Å². The number of phosphoric ester groups is 1. The minimum absolute atomic E-state index is 0.0272. The Bertz CT molecular complexity index is 1600. The smallest absolute Gasteiger partial charge is 0.456 e. The van der Waals surface area contributed by atoms with Gasteiger partial charge in [0.25, 0.3) is 11.5 Å². The lowest BCUT2D eigenvalue weighted by Gasteiger charge is -2.19. The van der Waals surface area contributed by atoms with Crippen LogP contribution in [-0.4, -0.2) is 60.0 Å². The second-order valence-corrected chi connectivity index (χ2v) is 9.76. The van der Waals surface area contributed by atoms with Crippen molar-refractivity contribution in [2.45, 2.75) is 24.9 Å². The molecule has 5 rings (SSSR count). The topological polar surface area (TPSA) is 195 Å². The molecule has 0 aliphatic carbocycles. The molecule has 0 saturated carbocycles. The highest BCUT2D eigenvalue weighted by atomic mass is 31.2. The number of nitrogens with one attached hydrogen (secondary N) is 2. The number of aromatic nitrogens is 4. The van der Waals surface area contributed by atoms with Crippen LogP contribution in [0.25, 0.3) is 11.2 Å². The number of ether oxygens (including phenoxy) is 2. The van der Waals surface area contributed by atoms with E-state index in [1.165, 1.54) is 10.9 Å². The number of fused-ring (bicyclic) bond motifs is 1. The number of phosphoric acid groups is 1. The Labute approximate surface area is 219 Å². The average Bonchev–Trinajstić information content (AvgIpc) is 3.52. The van der Waals surface area contributed by atoms with Crippen LogP contribution in [0.1, 0.15) is 33.4 Å². The molecule has 4 N–H and O–H groups in total. The summed E-state index contributed by atoms with van der Waals surface area (Å²) in [6.45, 7) is -0.577. The third-order valence-electron chi connectivity index (χ3n) is 5.87. The average molecular weight is 555 g/mol. The number of benzene rings is 2. The number of imidazole rings is 1. The molecule has 14 nitrogen and oxygen atoms in total. The zero-order chi connectivity index (χ0) is 27.6. The molecule has 1 amide bonds. The van der Waals surface area contributed by atoms with Gasteiger partial charge in [0.2, 0.25) is 5.95 Å². The summed E-state index contributed by atoms with van der Waals surface area (Å²) in [5, 5.41) is 2.53. The SMILES string of the molecule is O=C(Nc1nc2c(ncn2[C@H]2C[C@H](OC(=O)c3ccccc3)[C@@H](COP(=O)(O)O)O2)c(=O)[nH]1)c1ccccc1. The van der Waals surface area contributed by atoms with Gasteiger partial charge in [-0.1, -0.05) is 36.4 Å². The highest BCUT2D eigenvalue weighted by Crippen LogP contribution is 2.39. The lowest BCUT2D eigenvalue weighted by molar-refractivity contribution is -0.0491.